The van der Waals surface area contributed by atoms with Crippen molar-refractivity contribution in [2.75, 3.05) is 0 Å². The Balaban J connectivity index is 2.68. The fourth-order valence-corrected chi connectivity index (χ4v) is 3.01. The number of furan rings is 1. The molecule has 0 spiro atoms. The van der Waals surface area contributed by atoms with Gasteiger partial charge in [-0.1, -0.05) is 6.07 Å². The topological polar surface area (TPSA) is 33.4 Å². The Morgan fingerprint density at radius 2 is 1.25 bits per heavy atom. The van der Waals surface area contributed by atoms with Crippen molar-refractivity contribution in [1.82, 2.24) is 0 Å². The van der Waals surface area contributed by atoms with E-state index in [1.54, 1.807) is 0 Å². The molecule has 0 radical (unpaired) electrons. The van der Waals surface area contributed by atoms with Gasteiger partial charge >= 0.3 is 0 Å². The molecular weight excluding hydrogens is 248 g/mol. The van der Waals surface area contributed by atoms with Crippen LogP contribution in [0.5, 0.6) is 0 Å². The highest BCUT2D eigenvalue weighted by atomic mass is 16.3. The maximum Gasteiger partial charge on any atom is 0.108 e. The lowest BCUT2D eigenvalue weighted by Gasteiger charge is -2.20. The molecule has 1 unspecified atom stereocenters. The Morgan fingerprint density at radius 1 is 0.750 bits per heavy atom. The van der Waals surface area contributed by atoms with Crippen LogP contribution in [0.1, 0.15) is 56.6 Å². The summed E-state index contributed by atoms with van der Waals surface area (Å²) < 4.78 is 5.67. The molecule has 2 rings (SSSR count). The summed E-state index contributed by atoms with van der Waals surface area (Å²) in [5, 5.41) is 10.9. The highest BCUT2D eigenvalue weighted by molar-refractivity contribution is 5.50. The van der Waals surface area contributed by atoms with Crippen molar-refractivity contribution < 1.29 is 9.52 Å². The van der Waals surface area contributed by atoms with Crippen molar-refractivity contribution in [2.24, 2.45) is 0 Å². The molecule has 2 heteroatoms. The molecule has 1 aromatic carbocycles. The molecule has 0 saturated carbocycles. The number of hydrogen-bond donors (Lipinski definition) is 1. The smallest absolute Gasteiger partial charge is 0.108 e. The van der Waals surface area contributed by atoms with Crippen LogP contribution in [0, 0.1) is 48.5 Å². The predicted molar refractivity (Wildman–Crippen MR) is 82.4 cm³/mol. The zero-order valence-electron chi connectivity index (χ0n) is 13.5. The van der Waals surface area contributed by atoms with E-state index in [-0.39, 0.29) is 0 Å². The first kappa shape index (κ1) is 14.9. The van der Waals surface area contributed by atoms with Crippen LogP contribution >= 0.6 is 0 Å². The quantitative estimate of drug-likeness (QED) is 0.872. The molecule has 0 aliphatic rings. The third kappa shape index (κ3) is 2.18. The second-order valence-electron chi connectivity index (χ2n) is 5.83. The number of aryl methyl sites for hydroxylation is 4. The molecule has 20 heavy (non-hydrogen) atoms. The van der Waals surface area contributed by atoms with Crippen LogP contribution in [0.3, 0.4) is 0 Å². The average Bonchev–Trinajstić information content (AvgIpc) is 2.61. The second kappa shape index (κ2) is 5.10. The molecule has 2 nitrogen and oxygen atoms in total. The van der Waals surface area contributed by atoms with E-state index in [0.717, 1.165) is 28.2 Å². The molecule has 0 fully saturated rings. The fourth-order valence-electron chi connectivity index (χ4n) is 3.01. The van der Waals surface area contributed by atoms with Crippen molar-refractivity contribution >= 4 is 0 Å². The number of hydrogen-bond acceptors (Lipinski definition) is 2. The summed E-state index contributed by atoms with van der Waals surface area (Å²) in [6, 6.07) is 2.18. The van der Waals surface area contributed by atoms with Gasteiger partial charge in [-0.2, -0.15) is 0 Å². The van der Waals surface area contributed by atoms with Crippen molar-refractivity contribution in [3.63, 3.8) is 0 Å². The minimum Gasteiger partial charge on any atom is -0.466 e. The van der Waals surface area contributed by atoms with Gasteiger partial charge in [-0.05, 0) is 81.8 Å². The zero-order valence-corrected chi connectivity index (χ0v) is 13.5. The van der Waals surface area contributed by atoms with Crippen molar-refractivity contribution in [3.8, 4) is 0 Å². The maximum atomic E-state index is 10.9. The fraction of sp³-hybridized carbons (Fsp3) is 0.444. The van der Waals surface area contributed by atoms with Crippen molar-refractivity contribution in [1.29, 1.82) is 0 Å². The molecule has 2 aromatic rings. The zero-order chi connectivity index (χ0) is 15.2. The standard InChI is InChI=1S/C18H24O2/c1-9-8-10(2)12(4)16(11(9)3)18(19)17-13(5)14(6)20-15(17)7/h8,18-19H,1-7H3. The van der Waals surface area contributed by atoms with Gasteiger partial charge < -0.3 is 9.52 Å². The monoisotopic (exact) mass is 272 g/mol. The summed E-state index contributed by atoms with van der Waals surface area (Å²) in [6.07, 6.45) is -0.619. The molecule has 1 heterocycles. The maximum absolute atomic E-state index is 10.9. The van der Waals surface area contributed by atoms with E-state index >= 15 is 0 Å². The summed E-state index contributed by atoms with van der Waals surface area (Å²) >= 11 is 0. The van der Waals surface area contributed by atoms with Crippen LogP contribution in [0.25, 0.3) is 0 Å². The summed E-state index contributed by atoms with van der Waals surface area (Å²) in [6.45, 7) is 14.2. The minimum atomic E-state index is -0.619. The van der Waals surface area contributed by atoms with E-state index in [1.807, 2.05) is 20.8 Å². The molecule has 1 aromatic heterocycles. The number of aliphatic hydroxyl groups excluding tert-OH is 1. The predicted octanol–water partition coefficient (Wildman–Crippen LogP) is 4.52. The summed E-state index contributed by atoms with van der Waals surface area (Å²) in [4.78, 5) is 0. The summed E-state index contributed by atoms with van der Waals surface area (Å²) in [5.41, 5.74) is 7.76. The van der Waals surface area contributed by atoms with E-state index in [2.05, 4.69) is 33.8 Å². The van der Waals surface area contributed by atoms with Crippen LogP contribution < -0.4 is 0 Å². The van der Waals surface area contributed by atoms with Crippen LogP contribution in [0.2, 0.25) is 0 Å². The first-order chi connectivity index (χ1) is 9.25. The van der Waals surface area contributed by atoms with Gasteiger partial charge in [0.1, 0.15) is 17.6 Å². The Bertz CT molecular complexity index is 637. The third-order valence-electron chi connectivity index (χ3n) is 4.59. The van der Waals surface area contributed by atoms with Gasteiger partial charge in [0.15, 0.2) is 0 Å². The van der Waals surface area contributed by atoms with E-state index in [9.17, 15) is 5.11 Å². The molecule has 0 saturated heterocycles. The number of rotatable bonds is 2. The van der Waals surface area contributed by atoms with E-state index < -0.39 is 6.10 Å². The SMILES string of the molecule is Cc1cc(C)c(C)c(C(O)c2c(C)oc(C)c2C)c1C. The lowest BCUT2D eigenvalue weighted by Crippen LogP contribution is -2.09. The van der Waals surface area contributed by atoms with Crippen LogP contribution in [0.4, 0.5) is 0 Å². The van der Waals surface area contributed by atoms with E-state index in [0.29, 0.717) is 0 Å². The third-order valence-corrected chi connectivity index (χ3v) is 4.59. The molecule has 0 aliphatic heterocycles. The molecule has 0 aliphatic carbocycles. The van der Waals surface area contributed by atoms with Gasteiger partial charge in [0, 0.05) is 5.56 Å². The molecule has 108 valence electrons. The van der Waals surface area contributed by atoms with Gasteiger partial charge in [-0.25, -0.2) is 0 Å². The minimum absolute atomic E-state index is 0.619. The first-order valence-corrected chi connectivity index (χ1v) is 7.07. The highest BCUT2D eigenvalue weighted by Gasteiger charge is 2.24. The Labute approximate surface area is 121 Å². The summed E-state index contributed by atoms with van der Waals surface area (Å²) in [7, 11) is 0. The van der Waals surface area contributed by atoms with Gasteiger partial charge in [0.25, 0.3) is 0 Å². The average molecular weight is 272 g/mol. The molecular formula is C18H24O2. The van der Waals surface area contributed by atoms with E-state index in [1.165, 1.54) is 22.3 Å². The van der Waals surface area contributed by atoms with Crippen LogP contribution in [-0.4, -0.2) is 5.11 Å². The van der Waals surface area contributed by atoms with Gasteiger partial charge in [-0.3, -0.25) is 0 Å². The molecule has 1 N–H and O–H groups in total. The molecule has 0 bridgehead atoms. The Kier molecular flexibility index (Phi) is 3.79. The number of benzene rings is 1. The molecule has 0 amide bonds. The van der Waals surface area contributed by atoms with Gasteiger partial charge in [0.2, 0.25) is 0 Å². The van der Waals surface area contributed by atoms with Crippen molar-refractivity contribution in [3.05, 3.63) is 56.5 Å². The Morgan fingerprint density at radius 3 is 1.65 bits per heavy atom. The van der Waals surface area contributed by atoms with Gasteiger partial charge in [0.05, 0.1) is 0 Å². The first-order valence-electron chi connectivity index (χ1n) is 7.07. The highest BCUT2D eigenvalue weighted by Crippen LogP contribution is 2.36. The van der Waals surface area contributed by atoms with Crippen LogP contribution in [0.15, 0.2) is 10.5 Å². The molecule has 1 atom stereocenters. The Hall–Kier alpha value is -1.54. The van der Waals surface area contributed by atoms with E-state index in [4.69, 9.17) is 4.42 Å². The lowest BCUT2D eigenvalue weighted by atomic mass is 9.87. The number of aliphatic hydroxyl groups is 1. The van der Waals surface area contributed by atoms with Crippen LogP contribution in [-0.2, 0) is 0 Å². The summed E-state index contributed by atoms with van der Waals surface area (Å²) in [5.74, 6) is 1.70. The largest absolute Gasteiger partial charge is 0.466 e. The lowest BCUT2D eigenvalue weighted by molar-refractivity contribution is 0.215. The normalized spacial score (nSPS) is 12.8. The second-order valence-corrected chi connectivity index (χ2v) is 5.83. The van der Waals surface area contributed by atoms with Gasteiger partial charge in [-0.15, -0.1) is 0 Å². The van der Waals surface area contributed by atoms with Crippen molar-refractivity contribution in [2.45, 2.75) is 54.6 Å².